The summed E-state index contributed by atoms with van der Waals surface area (Å²) in [5.41, 5.74) is 1.14. The van der Waals surface area contributed by atoms with Crippen LogP contribution < -0.4 is 0 Å². The molecule has 94 valence electrons. The number of halogens is 3. The normalized spacial score (nSPS) is 12.5. The number of rotatable bonds is 2. The predicted octanol–water partition coefficient (Wildman–Crippen LogP) is 4.01. The lowest BCUT2D eigenvalue weighted by atomic mass is 9.97. The van der Waals surface area contributed by atoms with Crippen LogP contribution in [0.5, 0.6) is 0 Å². The highest BCUT2D eigenvalue weighted by molar-refractivity contribution is 6.30. The van der Waals surface area contributed by atoms with Crippen LogP contribution in [0.1, 0.15) is 22.8 Å². The summed E-state index contributed by atoms with van der Waals surface area (Å²) < 4.78 is 26.7. The van der Waals surface area contributed by atoms with Gasteiger partial charge in [-0.1, -0.05) is 29.8 Å². The molecule has 2 aromatic carbocycles. The summed E-state index contributed by atoms with van der Waals surface area (Å²) in [5.74, 6) is -2.00. The first-order valence-electron chi connectivity index (χ1n) is 5.38. The van der Waals surface area contributed by atoms with E-state index in [1.54, 1.807) is 25.1 Å². The Bertz CT molecular complexity index is 584. The molecule has 1 N–H and O–H groups in total. The maximum Gasteiger partial charge on any atom is 0.164 e. The summed E-state index contributed by atoms with van der Waals surface area (Å²) in [7, 11) is 0. The summed E-state index contributed by atoms with van der Waals surface area (Å²) in [6.45, 7) is 1.75. The van der Waals surface area contributed by atoms with E-state index in [2.05, 4.69) is 0 Å². The van der Waals surface area contributed by atoms with E-state index in [1.165, 1.54) is 12.1 Å². The van der Waals surface area contributed by atoms with Crippen LogP contribution in [-0.4, -0.2) is 5.11 Å². The monoisotopic (exact) mass is 268 g/mol. The Labute approximate surface area is 109 Å². The molecule has 0 aliphatic rings. The van der Waals surface area contributed by atoms with Gasteiger partial charge in [-0.25, -0.2) is 8.78 Å². The van der Waals surface area contributed by atoms with Crippen molar-refractivity contribution in [2.75, 3.05) is 0 Å². The molecule has 4 heteroatoms. The standard InChI is InChI=1S/C14H11ClF2O/c1-8-7-9(15)5-6-10(8)14(18)11-3-2-4-12(16)13(11)17/h2-7,14,18H,1H3. The van der Waals surface area contributed by atoms with E-state index in [-0.39, 0.29) is 5.56 Å². The van der Waals surface area contributed by atoms with Gasteiger partial charge in [0, 0.05) is 10.6 Å². The number of aliphatic hydroxyl groups excluding tert-OH is 1. The molecule has 1 atom stereocenters. The van der Waals surface area contributed by atoms with Crippen molar-refractivity contribution in [3.8, 4) is 0 Å². The van der Waals surface area contributed by atoms with E-state index in [4.69, 9.17) is 11.6 Å². The second-order valence-electron chi connectivity index (χ2n) is 4.05. The van der Waals surface area contributed by atoms with Crippen molar-refractivity contribution in [3.05, 3.63) is 69.7 Å². The van der Waals surface area contributed by atoms with Gasteiger partial charge >= 0.3 is 0 Å². The van der Waals surface area contributed by atoms with Crippen LogP contribution in [0.2, 0.25) is 5.02 Å². The molecule has 2 rings (SSSR count). The SMILES string of the molecule is Cc1cc(Cl)ccc1C(O)c1cccc(F)c1F. The Hall–Kier alpha value is -1.45. The van der Waals surface area contributed by atoms with E-state index in [0.717, 1.165) is 11.6 Å². The lowest BCUT2D eigenvalue weighted by Gasteiger charge is -2.15. The van der Waals surface area contributed by atoms with Gasteiger partial charge < -0.3 is 5.11 Å². The minimum atomic E-state index is -1.21. The molecule has 0 fully saturated rings. The molecule has 1 nitrogen and oxygen atoms in total. The fourth-order valence-corrected chi connectivity index (χ4v) is 2.07. The quantitative estimate of drug-likeness (QED) is 0.873. The first kappa shape index (κ1) is 13.0. The first-order valence-corrected chi connectivity index (χ1v) is 5.76. The Morgan fingerprint density at radius 3 is 2.50 bits per heavy atom. The van der Waals surface area contributed by atoms with Crippen molar-refractivity contribution < 1.29 is 13.9 Å². The first-order chi connectivity index (χ1) is 8.50. The molecular weight excluding hydrogens is 258 g/mol. The van der Waals surface area contributed by atoms with Crippen LogP contribution in [0.25, 0.3) is 0 Å². The minimum absolute atomic E-state index is 0.0829. The maximum absolute atomic E-state index is 13.6. The summed E-state index contributed by atoms with van der Waals surface area (Å²) in [5, 5.41) is 10.6. The van der Waals surface area contributed by atoms with E-state index < -0.39 is 17.7 Å². The van der Waals surface area contributed by atoms with E-state index in [9.17, 15) is 13.9 Å². The number of aliphatic hydroxyl groups is 1. The third-order valence-electron chi connectivity index (χ3n) is 2.80. The molecule has 0 spiro atoms. The Kier molecular flexibility index (Phi) is 3.64. The molecule has 0 radical (unpaired) electrons. The minimum Gasteiger partial charge on any atom is -0.384 e. The molecule has 0 bridgehead atoms. The van der Waals surface area contributed by atoms with E-state index in [1.807, 2.05) is 0 Å². The number of hydrogen-bond donors (Lipinski definition) is 1. The Balaban J connectivity index is 2.48. The fourth-order valence-electron chi connectivity index (χ4n) is 1.85. The van der Waals surface area contributed by atoms with Crippen molar-refractivity contribution in [2.24, 2.45) is 0 Å². The highest BCUT2D eigenvalue weighted by Crippen LogP contribution is 2.29. The van der Waals surface area contributed by atoms with E-state index >= 15 is 0 Å². The molecular formula is C14H11ClF2O. The summed E-state index contributed by atoms with van der Waals surface area (Å²) in [6.07, 6.45) is -1.21. The van der Waals surface area contributed by atoms with Crippen LogP contribution in [0.4, 0.5) is 8.78 Å². The van der Waals surface area contributed by atoms with Crippen molar-refractivity contribution >= 4 is 11.6 Å². The molecule has 0 saturated carbocycles. The molecule has 0 saturated heterocycles. The van der Waals surface area contributed by atoms with Gasteiger partial charge in [-0.05, 0) is 36.2 Å². The summed E-state index contributed by atoms with van der Waals surface area (Å²) in [6, 6.07) is 8.61. The molecule has 2 aromatic rings. The zero-order valence-corrected chi connectivity index (χ0v) is 10.4. The zero-order valence-electron chi connectivity index (χ0n) is 9.62. The van der Waals surface area contributed by atoms with Crippen LogP contribution >= 0.6 is 11.6 Å². The molecule has 0 heterocycles. The van der Waals surface area contributed by atoms with Crippen LogP contribution in [-0.2, 0) is 0 Å². The molecule has 18 heavy (non-hydrogen) atoms. The van der Waals surface area contributed by atoms with E-state index in [0.29, 0.717) is 10.6 Å². The zero-order chi connectivity index (χ0) is 13.3. The predicted molar refractivity (Wildman–Crippen MR) is 66.6 cm³/mol. The Morgan fingerprint density at radius 2 is 1.83 bits per heavy atom. The second-order valence-corrected chi connectivity index (χ2v) is 4.48. The van der Waals surface area contributed by atoms with Gasteiger partial charge in [0.05, 0.1) is 0 Å². The van der Waals surface area contributed by atoms with Crippen molar-refractivity contribution in [1.29, 1.82) is 0 Å². The fraction of sp³-hybridized carbons (Fsp3) is 0.143. The van der Waals surface area contributed by atoms with Gasteiger partial charge in [-0.3, -0.25) is 0 Å². The molecule has 0 aliphatic heterocycles. The molecule has 0 aromatic heterocycles. The lowest BCUT2D eigenvalue weighted by Crippen LogP contribution is -2.05. The highest BCUT2D eigenvalue weighted by Gasteiger charge is 2.19. The Morgan fingerprint density at radius 1 is 1.11 bits per heavy atom. The molecule has 0 aliphatic carbocycles. The average molecular weight is 269 g/mol. The van der Waals surface area contributed by atoms with Crippen LogP contribution in [0, 0.1) is 18.6 Å². The van der Waals surface area contributed by atoms with Crippen molar-refractivity contribution in [3.63, 3.8) is 0 Å². The third-order valence-corrected chi connectivity index (χ3v) is 3.04. The number of aryl methyl sites for hydroxylation is 1. The van der Waals surface area contributed by atoms with Crippen molar-refractivity contribution in [2.45, 2.75) is 13.0 Å². The highest BCUT2D eigenvalue weighted by atomic mass is 35.5. The topological polar surface area (TPSA) is 20.2 Å². The van der Waals surface area contributed by atoms with Crippen LogP contribution in [0.3, 0.4) is 0 Å². The molecule has 0 amide bonds. The lowest BCUT2D eigenvalue weighted by molar-refractivity contribution is 0.212. The largest absolute Gasteiger partial charge is 0.384 e. The maximum atomic E-state index is 13.6. The van der Waals surface area contributed by atoms with Gasteiger partial charge in [-0.2, -0.15) is 0 Å². The van der Waals surface area contributed by atoms with Gasteiger partial charge in [0.25, 0.3) is 0 Å². The van der Waals surface area contributed by atoms with Crippen molar-refractivity contribution in [1.82, 2.24) is 0 Å². The summed E-state index contributed by atoms with van der Waals surface area (Å²) >= 11 is 5.81. The average Bonchev–Trinajstić information content (AvgIpc) is 2.32. The van der Waals surface area contributed by atoms with Crippen LogP contribution in [0.15, 0.2) is 36.4 Å². The van der Waals surface area contributed by atoms with Gasteiger partial charge in [0.1, 0.15) is 6.10 Å². The van der Waals surface area contributed by atoms with Gasteiger partial charge in [0.15, 0.2) is 11.6 Å². The second kappa shape index (κ2) is 5.04. The number of hydrogen-bond acceptors (Lipinski definition) is 1. The molecule has 1 unspecified atom stereocenters. The van der Waals surface area contributed by atoms with Gasteiger partial charge in [0.2, 0.25) is 0 Å². The third kappa shape index (κ3) is 2.37. The number of benzene rings is 2. The van der Waals surface area contributed by atoms with Gasteiger partial charge in [-0.15, -0.1) is 0 Å². The summed E-state index contributed by atoms with van der Waals surface area (Å²) in [4.78, 5) is 0. The smallest absolute Gasteiger partial charge is 0.164 e.